The van der Waals surface area contributed by atoms with Gasteiger partial charge < -0.3 is 25.1 Å². The first kappa shape index (κ1) is 15.5. The molecule has 0 unspecified atom stereocenters. The van der Waals surface area contributed by atoms with E-state index in [1.807, 2.05) is 0 Å². The Labute approximate surface area is 123 Å². The highest BCUT2D eigenvalue weighted by Gasteiger charge is 2.24. The van der Waals surface area contributed by atoms with E-state index < -0.39 is 0 Å². The summed E-state index contributed by atoms with van der Waals surface area (Å²) in [6.45, 7) is 1.62. The van der Waals surface area contributed by atoms with Crippen LogP contribution in [0.2, 0.25) is 0 Å². The molecule has 2 heterocycles. The SMILES string of the molecule is COCC(=O)N1CCC(NC(=O)c2ccc(CN)o2)CC1. The maximum Gasteiger partial charge on any atom is 0.287 e. The van der Waals surface area contributed by atoms with E-state index in [-0.39, 0.29) is 36.8 Å². The molecule has 3 N–H and O–H groups in total. The van der Waals surface area contributed by atoms with Gasteiger partial charge in [-0.05, 0) is 25.0 Å². The monoisotopic (exact) mass is 295 g/mol. The van der Waals surface area contributed by atoms with E-state index in [2.05, 4.69) is 5.32 Å². The maximum atomic E-state index is 12.0. The van der Waals surface area contributed by atoms with Gasteiger partial charge in [0.2, 0.25) is 5.91 Å². The third-order valence-corrected chi connectivity index (χ3v) is 3.54. The lowest BCUT2D eigenvalue weighted by molar-refractivity contribution is -0.136. The Bertz CT molecular complexity index is 492. The Hall–Kier alpha value is -1.86. The summed E-state index contributed by atoms with van der Waals surface area (Å²) in [5.74, 6) is 0.603. The van der Waals surface area contributed by atoms with Gasteiger partial charge in [0, 0.05) is 26.2 Å². The number of nitrogens with one attached hydrogen (secondary N) is 1. The molecule has 0 aromatic carbocycles. The van der Waals surface area contributed by atoms with Crippen molar-refractivity contribution >= 4 is 11.8 Å². The first-order chi connectivity index (χ1) is 10.1. The second-order valence-corrected chi connectivity index (χ2v) is 5.03. The zero-order valence-electron chi connectivity index (χ0n) is 12.1. The number of hydrogen-bond acceptors (Lipinski definition) is 5. The summed E-state index contributed by atoms with van der Waals surface area (Å²) in [5.41, 5.74) is 5.44. The number of carbonyl (C=O) groups excluding carboxylic acids is 2. The van der Waals surface area contributed by atoms with Crippen LogP contribution in [0.5, 0.6) is 0 Å². The Balaban J connectivity index is 1.80. The number of carbonyl (C=O) groups is 2. The van der Waals surface area contributed by atoms with Crippen LogP contribution in [-0.4, -0.2) is 49.6 Å². The van der Waals surface area contributed by atoms with Crippen molar-refractivity contribution in [3.8, 4) is 0 Å². The number of hydrogen-bond donors (Lipinski definition) is 2. The van der Waals surface area contributed by atoms with E-state index in [4.69, 9.17) is 14.9 Å². The van der Waals surface area contributed by atoms with E-state index in [1.54, 1.807) is 17.0 Å². The average molecular weight is 295 g/mol. The van der Waals surface area contributed by atoms with Crippen molar-refractivity contribution in [1.82, 2.24) is 10.2 Å². The quantitative estimate of drug-likeness (QED) is 0.803. The minimum absolute atomic E-state index is 0.0131. The molecular formula is C14H21N3O4. The van der Waals surface area contributed by atoms with Gasteiger partial charge in [-0.1, -0.05) is 0 Å². The molecule has 0 bridgehead atoms. The molecule has 7 heteroatoms. The fourth-order valence-electron chi connectivity index (χ4n) is 2.35. The molecule has 0 radical (unpaired) electrons. The highest BCUT2D eigenvalue weighted by Crippen LogP contribution is 2.13. The molecule has 21 heavy (non-hydrogen) atoms. The third-order valence-electron chi connectivity index (χ3n) is 3.54. The van der Waals surface area contributed by atoms with Crippen LogP contribution in [0.25, 0.3) is 0 Å². The van der Waals surface area contributed by atoms with E-state index >= 15 is 0 Å². The van der Waals surface area contributed by atoms with Crippen molar-refractivity contribution in [1.29, 1.82) is 0 Å². The zero-order chi connectivity index (χ0) is 15.2. The molecule has 2 rings (SSSR count). The molecule has 1 aliphatic heterocycles. The number of amides is 2. The molecule has 0 aliphatic carbocycles. The summed E-state index contributed by atoms with van der Waals surface area (Å²) in [6.07, 6.45) is 1.46. The van der Waals surface area contributed by atoms with E-state index in [0.717, 1.165) is 12.8 Å². The first-order valence-corrected chi connectivity index (χ1v) is 7.00. The Kier molecular flexibility index (Phi) is 5.35. The van der Waals surface area contributed by atoms with Crippen LogP contribution in [0.4, 0.5) is 0 Å². The lowest BCUT2D eigenvalue weighted by Gasteiger charge is -2.32. The summed E-state index contributed by atoms with van der Waals surface area (Å²) >= 11 is 0. The van der Waals surface area contributed by atoms with E-state index in [9.17, 15) is 9.59 Å². The van der Waals surface area contributed by atoms with E-state index in [0.29, 0.717) is 18.8 Å². The van der Waals surface area contributed by atoms with Crippen LogP contribution in [0, 0.1) is 0 Å². The molecule has 2 amide bonds. The van der Waals surface area contributed by atoms with Gasteiger partial charge in [0.15, 0.2) is 5.76 Å². The molecular weight excluding hydrogens is 274 g/mol. The highest BCUT2D eigenvalue weighted by atomic mass is 16.5. The standard InChI is InChI=1S/C14H21N3O4/c1-20-9-13(18)17-6-4-10(5-7-17)16-14(19)12-3-2-11(8-15)21-12/h2-3,10H,4-9,15H2,1H3,(H,16,19). The molecule has 1 aliphatic rings. The summed E-state index contributed by atoms with van der Waals surface area (Å²) < 4.78 is 10.1. The first-order valence-electron chi connectivity index (χ1n) is 7.00. The maximum absolute atomic E-state index is 12.0. The minimum Gasteiger partial charge on any atom is -0.455 e. The van der Waals surface area contributed by atoms with Gasteiger partial charge >= 0.3 is 0 Å². The number of furan rings is 1. The smallest absolute Gasteiger partial charge is 0.287 e. The van der Waals surface area contributed by atoms with Crippen LogP contribution in [-0.2, 0) is 16.1 Å². The number of piperidine rings is 1. The molecule has 1 fully saturated rings. The van der Waals surface area contributed by atoms with Gasteiger partial charge in [0.25, 0.3) is 5.91 Å². The molecule has 0 saturated carbocycles. The molecule has 0 atom stereocenters. The van der Waals surface area contributed by atoms with Gasteiger partial charge in [0.05, 0.1) is 6.54 Å². The number of nitrogens with zero attached hydrogens (tertiary/aromatic N) is 1. The normalized spacial score (nSPS) is 16.0. The molecule has 116 valence electrons. The highest BCUT2D eigenvalue weighted by molar-refractivity contribution is 5.91. The summed E-state index contributed by atoms with van der Waals surface area (Å²) in [7, 11) is 1.50. The molecule has 1 aromatic rings. The summed E-state index contributed by atoms with van der Waals surface area (Å²) in [6, 6.07) is 3.37. The fraction of sp³-hybridized carbons (Fsp3) is 0.571. The summed E-state index contributed by atoms with van der Waals surface area (Å²) in [5, 5.41) is 2.92. The second-order valence-electron chi connectivity index (χ2n) is 5.03. The Morgan fingerprint density at radius 1 is 1.43 bits per heavy atom. The molecule has 1 saturated heterocycles. The second kappa shape index (κ2) is 7.24. The van der Waals surface area contributed by atoms with Gasteiger partial charge in [-0.15, -0.1) is 0 Å². The topological polar surface area (TPSA) is 97.8 Å². The lowest BCUT2D eigenvalue weighted by atomic mass is 10.0. The number of ether oxygens (including phenoxy) is 1. The number of rotatable bonds is 5. The number of methoxy groups -OCH3 is 1. The third kappa shape index (κ3) is 4.05. The van der Waals surface area contributed by atoms with Crippen molar-refractivity contribution in [2.24, 2.45) is 5.73 Å². The lowest BCUT2D eigenvalue weighted by Crippen LogP contribution is -2.47. The predicted octanol–water partition coefficient (Wildman–Crippen LogP) is 0.106. The molecule has 0 spiro atoms. The Morgan fingerprint density at radius 2 is 2.14 bits per heavy atom. The fourth-order valence-corrected chi connectivity index (χ4v) is 2.35. The van der Waals surface area contributed by atoms with Crippen LogP contribution in [0.1, 0.15) is 29.2 Å². The average Bonchev–Trinajstić information content (AvgIpc) is 2.97. The zero-order valence-corrected chi connectivity index (χ0v) is 12.1. The molecule has 1 aromatic heterocycles. The van der Waals surface area contributed by atoms with Crippen molar-refractivity contribution in [2.45, 2.75) is 25.4 Å². The number of likely N-dealkylation sites (tertiary alicyclic amines) is 1. The molecule has 7 nitrogen and oxygen atoms in total. The van der Waals surface area contributed by atoms with E-state index in [1.165, 1.54) is 7.11 Å². The van der Waals surface area contributed by atoms with Crippen molar-refractivity contribution in [3.63, 3.8) is 0 Å². The predicted molar refractivity (Wildman–Crippen MR) is 75.5 cm³/mol. The van der Waals surface area contributed by atoms with Crippen molar-refractivity contribution in [3.05, 3.63) is 23.7 Å². The van der Waals surface area contributed by atoms with Crippen LogP contribution >= 0.6 is 0 Å². The Morgan fingerprint density at radius 3 is 2.71 bits per heavy atom. The largest absolute Gasteiger partial charge is 0.455 e. The number of nitrogens with two attached hydrogens (primary N) is 1. The van der Waals surface area contributed by atoms with Gasteiger partial charge in [-0.2, -0.15) is 0 Å². The van der Waals surface area contributed by atoms with Crippen LogP contribution < -0.4 is 11.1 Å². The van der Waals surface area contributed by atoms with Crippen molar-refractivity contribution in [2.75, 3.05) is 26.8 Å². The summed E-state index contributed by atoms with van der Waals surface area (Å²) in [4.78, 5) is 25.4. The minimum atomic E-state index is -0.239. The van der Waals surface area contributed by atoms with Gasteiger partial charge in [-0.3, -0.25) is 9.59 Å². The van der Waals surface area contributed by atoms with Crippen molar-refractivity contribution < 1.29 is 18.7 Å². The van der Waals surface area contributed by atoms with Gasteiger partial charge in [0.1, 0.15) is 12.4 Å². The van der Waals surface area contributed by atoms with Crippen LogP contribution in [0.3, 0.4) is 0 Å². The van der Waals surface area contributed by atoms with Gasteiger partial charge in [-0.25, -0.2) is 0 Å². The van der Waals surface area contributed by atoms with Crippen LogP contribution in [0.15, 0.2) is 16.5 Å².